The van der Waals surface area contributed by atoms with Crippen LogP contribution in [0.4, 0.5) is 0 Å². The molecule has 0 aliphatic carbocycles. The number of hydrogen-bond donors (Lipinski definition) is 1. The fraction of sp³-hybridized carbons (Fsp3) is 0.400. The zero-order valence-electron chi connectivity index (χ0n) is 11.9. The average Bonchev–Trinajstić information content (AvgIpc) is 3.18. The molecule has 2 aromatic heterocycles. The highest BCUT2D eigenvalue weighted by Crippen LogP contribution is 2.32. The van der Waals surface area contributed by atoms with Crippen LogP contribution in [0.15, 0.2) is 36.8 Å². The van der Waals surface area contributed by atoms with Crippen LogP contribution in [0.3, 0.4) is 0 Å². The Hall–Kier alpha value is -2.21. The summed E-state index contributed by atoms with van der Waals surface area (Å²) in [6, 6.07) is 5.74. The molecule has 2 aromatic rings. The number of ether oxygens (including phenoxy) is 1. The lowest BCUT2D eigenvalue weighted by Gasteiger charge is -2.28. The van der Waals surface area contributed by atoms with Gasteiger partial charge in [0.2, 0.25) is 5.91 Å². The molecule has 1 aliphatic rings. The van der Waals surface area contributed by atoms with Crippen molar-refractivity contribution >= 4 is 5.91 Å². The number of pyridine rings is 1. The zero-order valence-corrected chi connectivity index (χ0v) is 11.9. The van der Waals surface area contributed by atoms with Crippen molar-refractivity contribution in [1.82, 2.24) is 20.1 Å². The summed E-state index contributed by atoms with van der Waals surface area (Å²) in [5.74, 6) is 0.0589. The molecule has 1 N–H and O–H groups in total. The molecule has 6 nitrogen and oxygen atoms in total. The number of amides is 1. The standard InChI is InChI=1S/C15H18N4O2/c1-19(14(20)9-12-4-7-17-18-12)13-5-8-21-15(13)11-3-2-6-16-10-11/h2-4,6-7,10,13,15H,5,8-9H2,1H3,(H,17,18)/t13-,15+/m0/s1. The third-order valence-electron chi connectivity index (χ3n) is 3.86. The number of likely N-dealkylation sites (N-methyl/N-ethyl adjacent to an activating group) is 1. The number of carbonyl (C=O) groups is 1. The molecule has 1 amide bonds. The summed E-state index contributed by atoms with van der Waals surface area (Å²) in [7, 11) is 1.83. The van der Waals surface area contributed by atoms with Gasteiger partial charge >= 0.3 is 0 Å². The summed E-state index contributed by atoms with van der Waals surface area (Å²) >= 11 is 0. The third-order valence-corrected chi connectivity index (χ3v) is 3.86. The number of rotatable bonds is 4. The molecule has 2 atom stereocenters. The Morgan fingerprint density at radius 1 is 1.48 bits per heavy atom. The number of hydrogen-bond acceptors (Lipinski definition) is 4. The van der Waals surface area contributed by atoms with Crippen LogP contribution in [0.5, 0.6) is 0 Å². The van der Waals surface area contributed by atoms with Gasteiger partial charge in [-0.3, -0.25) is 14.9 Å². The molecule has 0 saturated carbocycles. The van der Waals surface area contributed by atoms with E-state index in [1.807, 2.05) is 25.2 Å². The predicted octanol–water partition coefficient (Wildman–Crippen LogP) is 1.34. The van der Waals surface area contributed by atoms with Gasteiger partial charge in [-0.25, -0.2) is 0 Å². The molecule has 0 radical (unpaired) electrons. The first-order valence-corrected chi connectivity index (χ1v) is 7.01. The Kier molecular flexibility index (Phi) is 3.96. The molecular formula is C15H18N4O2. The number of nitrogens with zero attached hydrogens (tertiary/aromatic N) is 3. The van der Waals surface area contributed by atoms with E-state index in [4.69, 9.17) is 4.74 Å². The van der Waals surface area contributed by atoms with Gasteiger partial charge in [0, 0.05) is 43.5 Å². The lowest BCUT2D eigenvalue weighted by Crippen LogP contribution is -2.39. The van der Waals surface area contributed by atoms with Crippen molar-refractivity contribution in [2.75, 3.05) is 13.7 Å². The Morgan fingerprint density at radius 3 is 3.10 bits per heavy atom. The Bertz CT molecular complexity index is 585. The van der Waals surface area contributed by atoms with E-state index >= 15 is 0 Å². The Labute approximate surface area is 123 Å². The van der Waals surface area contributed by atoms with Crippen LogP contribution >= 0.6 is 0 Å². The fourth-order valence-electron chi connectivity index (χ4n) is 2.69. The second-order valence-corrected chi connectivity index (χ2v) is 5.20. The van der Waals surface area contributed by atoms with Crippen molar-refractivity contribution in [3.8, 4) is 0 Å². The van der Waals surface area contributed by atoms with Crippen LogP contribution in [-0.2, 0) is 16.0 Å². The Morgan fingerprint density at radius 2 is 2.38 bits per heavy atom. The second kappa shape index (κ2) is 6.05. The summed E-state index contributed by atoms with van der Waals surface area (Å²) in [6.45, 7) is 0.659. The van der Waals surface area contributed by atoms with Crippen molar-refractivity contribution in [1.29, 1.82) is 0 Å². The van der Waals surface area contributed by atoms with Crippen LogP contribution in [0.2, 0.25) is 0 Å². The second-order valence-electron chi connectivity index (χ2n) is 5.20. The minimum atomic E-state index is -0.102. The SMILES string of the molecule is CN(C(=O)Cc1ccn[nH]1)[C@H]1CCO[C@@H]1c1cccnc1. The first kappa shape index (κ1) is 13.8. The molecule has 3 heterocycles. The number of nitrogens with one attached hydrogen (secondary N) is 1. The van der Waals surface area contributed by atoms with Crippen molar-refractivity contribution in [2.45, 2.75) is 25.0 Å². The van der Waals surface area contributed by atoms with Crippen LogP contribution in [-0.4, -0.2) is 45.7 Å². The maximum atomic E-state index is 12.4. The summed E-state index contributed by atoms with van der Waals surface area (Å²) in [6.07, 6.45) is 6.25. The van der Waals surface area contributed by atoms with Gasteiger partial charge in [0.1, 0.15) is 6.10 Å². The first-order valence-electron chi connectivity index (χ1n) is 7.01. The molecule has 1 aliphatic heterocycles. The fourth-order valence-corrected chi connectivity index (χ4v) is 2.69. The predicted molar refractivity (Wildman–Crippen MR) is 76.4 cm³/mol. The quantitative estimate of drug-likeness (QED) is 0.920. The van der Waals surface area contributed by atoms with Crippen LogP contribution in [0.25, 0.3) is 0 Å². The minimum absolute atomic E-state index is 0.0459. The van der Waals surface area contributed by atoms with Gasteiger partial charge < -0.3 is 9.64 Å². The number of aromatic nitrogens is 3. The summed E-state index contributed by atoms with van der Waals surface area (Å²) in [5.41, 5.74) is 1.84. The summed E-state index contributed by atoms with van der Waals surface area (Å²) < 4.78 is 5.80. The monoisotopic (exact) mass is 286 g/mol. The normalized spacial score (nSPS) is 21.4. The lowest BCUT2D eigenvalue weighted by molar-refractivity contribution is -0.132. The molecule has 0 unspecified atom stereocenters. The highest BCUT2D eigenvalue weighted by Gasteiger charge is 2.34. The van der Waals surface area contributed by atoms with E-state index in [0.29, 0.717) is 13.0 Å². The number of H-pyrrole nitrogens is 1. The van der Waals surface area contributed by atoms with E-state index in [1.165, 1.54) is 0 Å². The summed E-state index contributed by atoms with van der Waals surface area (Å²) in [4.78, 5) is 18.3. The molecule has 0 aromatic carbocycles. The van der Waals surface area contributed by atoms with Crippen molar-refractivity contribution < 1.29 is 9.53 Å². The molecule has 0 spiro atoms. The van der Waals surface area contributed by atoms with Gasteiger partial charge in [-0.2, -0.15) is 5.10 Å². The van der Waals surface area contributed by atoms with E-state index in [9.17, 15) is 4.79 Å². The van der Waals surface area contributed by atoms with Crippen molar-refractivity contribution in [3.63, 3.8) is 0 Å². The first-order chi connectivity index (χ1) is 10.3. The smallest absolute Gasteiger partial charge is 0.228 e. The van der Waals surface area contributed by atoms with Crippen LogP contribution in [0, 0.1) is 0 Å². The molecule has 1 fully saturated rings. The molecule has 3 rings (SSSR count). The Balaban J connectivity index is 1.71. The highest BCUT2D eigenvalue weighted by atomic mass is 16.5. The van der Waals surface area contributed by atoms with E-state index in [0.717, 1.165) is 17.7 Å². The highest BCUT2D eigenvalue weighted by molar-refractivity contribution is 5.78. The zero-order chi connectivity index (χ0) is 14.7. The van der Waals surface area contributed by atoms with Crippen LogP contribution < -0.4 is 0 Å². The number of aromatic amines is 1. The minimum Gasteiger partial charge on any atom is -0.371 e. The largest absolute Gasteiger partial charge is 0.371 e. The average molecular weight is 286 g/mol. The van der Waals surface area contributed by atoms with Gasteiger partial charge in [-0.1, -0.05) is 6.07 Å². The van der Waals surface area contributed by atoms with Gasteiger partial charge in [-0.05, 0) is 18.6 Å². The van der Waals surface area contributed by atoms with E-state index in [-0.39, 0.29) is 18.1 Å². The molecule has 6 heteroatoms. The summed E-state index contributed by atoms with van der Waals surface area (Å²) in [5, 5.41) is 6.68. The van der Waals surface area contributed by atoms with E-state index < -0.39 is 0 Å². The van der Waals surface area contributed by atoms with Gasteiger partial charge in [0.05, 0.1) is 12.5 Å². The maximum absolute atomic E-state index is 12.4. The molecule has 1 saturated heterocycles. The molecular weight excluding hydrogens is 268 g/mol. The third kappa shape index (κ3) is 2.95. The van der Waals surface area contributed by atoms with Gasteiger partial charge in [0.25, 0.3) is 0 Å². The van der Waals surface area contributed by atoms with E-state index in [1.54, 1.807) is 23.5 Å². The molecule has 110 valence electrons. The van der Waals surface area contributed by atoms with Gasteiger partial charge in [-0.15, -0.1) is 0 Å². The lowest BCUT2D eigenvalue weighted by atomic mass is 10.0. The maximum Gasteiger partial charge on any atom is 0.228 e. The van der Waals surface area contributed by atoms with E-state index in [2.05, 4.69) is 15.2 Å². The topological polar surface area (TPSA) is 71.1 Å². The van der Waals surface area contributed by atoms with Gasteiger partial charge in [0.15, 0.2) is 0 Å². The molecule has 21 heavy (non-hydrogen) atoms. The van der Waals surface area contributed by atoms with Crippen molar-refractivity contribution in [3.05, 3.63) is 48.0 Å². The molecule has 0 bridgehead atoms. The van der Waals surface area contributed by atoms with Crippen molar-refractivity contribution in [2.24, 2.45) is 0 Å². The number of carbonyl (C=O) groups excluding carboxylic acids is 1. The van der Waals surface area contributed by atoms with Crippen LogP contribution in [0.1, 0.15) is 23.8 Å².